The highest BCUT2D eigenvalue weighted by Crippen LogP contribution is 2.30. The standard InChI is InChI=1S/C9H6F3N3O2/c1-17-8(16)6-5-2-4(9(10,11)12)3-13-7(5)15-14-6/h2-3H,1H3,(H,13,14,15). The molecule has 2 aromatic rings. The van der Waals surface area contributed by atoms with Crippen molar-refractivity contribution in [3.05, 3.63) is 23.5 Å². The minimum Gasteiger partial charge on any atom is -0.464 e. The van der Waals surface area contributed by atoms with Gasteiger partial charge in [-0.2, -0.15) is 18.3 Å². The zero-order valence-corrected chi connectivity index (χ0v) is 8.50. The summed E-state index contributed by atoms with van der Waals surface area (Å²) in [5.41, 5.74) is -1.07. The highest BCUT2D eigenvalue weighted by Gasteiger charge is 2.32. The summed E-state index contributed by atoms with van der Waals surface area (Å²) < 4.78 is 41.8. The lowest BCUT2D eigenvalue weighted by atomic mass is 10.2. The van der Waals surface area contributed by atoms with Crippen LogP contribution in [0.2, 0.25) is 0 Å². The van der Waals surface area contributed by atoms with Crippen LogP contribution < -0.4 is 0 Å². The number of nitrogens with one attached hydrogen (secondary N) is 1. The highest BCUT2D eigenvalue weighted by molar-refractivity contribution is 6.00. The Hall–Kier alpha value is -2.12. The predicted octanol–water partition coefficient (Wildman–Crippen LogP) is 1.76. The lowest BCUT2D eigenvalue weighted by Crippen LogP contribution is -2.06. The van der Waals surface area contributed by atoms with Gasteiger partial charge in [0.2, 0.25) is 0 Å². The van der Waals surface area contributed by atoms with Gasteiger partial charge in [0.05, 0.1) is 18.1 Å². The van der Waals surface area contributed by atoms with Gasteiger partial charge in [-0.1, -0.05) is 0 Å². The quantitative estimate of drug-likeness (QED) is 0.777. The van der Waals surface area contributed by atoms with E-state index in [1.807, 2.05) is 0 Å². The van der Waals surface area contributed by atoms with Crippen LogP contribution >= 0.6 is 0 Å². The average Bonchev–Trinajstić information content (AvgIpc) is 2.69. The molecule has 2 rings (SSSR count). The summed E-state index contributed by atoms with van der Waals surface area (Å²) in [4.78, 5) is 14.8. The van der Waals surface area contributed by atoms with Crippen LogP contribution in [0, 0.1) is 0 Å². The fraction of sp³-hybridized carbons (Fsp3) is 0.222. The monoisotopic (exact) mass is 245 g/mol. The zero-order valence-electron chi connectivity index (χ0n) is 8.50. The van der Waals surface area contributed by atoms with Crippen LogP contribution in [0.15, 0.2) is 12.3 Å². The molecular formula is C9H6F3N3O2. The number of fused-ring (bicyclic) bond motifs is 1. The minimum atomic E-state index is -4.52. The summed E-state index contributed by atoms with van der Waals surface area (Å²) in [5.74, 6) is -0.798. The van der Waals surface area contributed by atoms with Crippen LogP contribution in [0.5, 0.6) is 0 Å². The first-order chi connectivity index (χ1) is 7.93. The number of ether oxygens (including phenoxy) is 1. The number of H-pyrrole nitrogens is 1. The van der Waals surface area contributed by atoms with Crippen LogP contribution in [-0.2, 0) is 10.9 Å². The van der Waals surface area contributed by atoms with Crippen LogP contribution in [-0.4, -0.2) is 28.3 Å². The number of alkyl halides is 3. The van der Waals surface area contributed by atoms with E-state index in [-0.39, 0.29) is 16.7 Å². The summed E-state index contributed by atoms with van der Waals surface area (Å²) in [7, 11) is 1.12. The SMILES string of the molecule is COC(=O)c1[nH]nc2ncc(C(F)(F)F)cc12. The fourth-order valence-electron chi connectivity index (χ4n) is 1.31. The molecule has 0 fully saturated rings. The molecule has 17 heavy (non-hydrogen) atoms. The van der Waals surface area contributed by atoms with E-state index in [0.717, 1.165) is 13.2 Å². The first-order valence-electron chi connectivity index (χ1n) is 4.43. The van der Waals surface area contributed by atoms with E-state index in [4.69, 9.17) is 0 Å². The van der Waals surface area contributed by atoms with Gasteiger partial charge in [0.15, 0.2) is 11.3 Å². The predicted molar refractivity (Wildman–Crippen MR) is 50.2 cm³/mol. The second-order valence-corrected chi connectivity index (χ2v) is 3.18. The van der Waals surface area contributed by atoms with Crippen LogP contribution in [0.4, 0.5) is 13.2 Å². The van der Waals surface area contributed by atoms with Crippen LogP contribution in [0.25, 0.3) is 11.0 Å². The van der Waals surface area contributed by atoms with Crippen molar-refractivity contribution in [2.75, 3.05) is 7.11 Å². The highest BCUT2D eigenvalue weighted by atomic mass is 19.4. The van der Waals surface area contributed by atoms with Crippen LogP contribution in [0.3, 0.4) is 0 Å². The van der Waals surface area contributed by atoms with Crippen molar-refractivity contribution in [1.82, 2.24) is 15.2 Å². The van der Waals surface area contributed by atoms with Crippen molar-refractivity contribution in [1.29, 1.82) is 0 Å². The summed E-state index contributed by atoms with van der Waals surface area (Å²) >= 11 is 0. The summed E-state index contributed by atoms with van der Waals surface area (Å²) in [5, 5.41) is 5.87. The Morgan fingerprint density at radius 1 is 1.47 bits per heavy atom. The number of methoxy groups -OCH3 is 1. The van der Waals surface area contributed by atoms with E-state index in [1.54, 1.807) is 0 Å². The smallest absolute Gasteiger partial charge is 0.417 e. The number of aromatic nitrogens is 3. The van der Waals surface area contributed by atoms with Crippen molar-refractivity contribution in [3.8, 4) is 0 Å². The second kappa shape index (κ2) is 3.72. The Labute approximate surface area is 92.6 Å². The molecule has 0 amide bonds. The van der Waals surface area contributed by atoms with E-state index >= 15 is 0 Å². The molecular weight excluding hydrogens is 239 g/mol. The number of carbonyl (C=O) groups excluding carboxylic acids is 1. The molecule has 0 aliphatic heterocycles. The third-order valence-corrected chi connectivity index (χ3v) is 2.13. The minimum absolute atomic E-state index is 0.0216. The maximum Gasteiger partial charge on any atom is 0.417 e. The average molecular weight is 245 g/mol. The van der Waals surface area contributed by atoms with Gasteiger partial charge in [0.1, 0.15) is 0 Å². The van der Waals surface area contributed by atoms with Crippen LogP contribution in [0.1, 0.15) is 16.1 Å². The summed E-state index contributed by atoms with van der Waals surface area (Å²) in [6.07, 6.45) is -3.86. The molecule has 5 nitrogen and oxygen atoms in total. The molecule has 2 aromatic heterocycles. The van der Waals surface area contributed by atoms with Crippen molar-refractivity contribution in [3.63, 3.8) is 0 Å². The number of rotatable bonds is 1. The molecule has 0 radical (unpaired) electrons. The maximum absolute atomic E-state index is 12.4. The number of halogens is 3. The molecule has 0 bridgehead atoms. The zero-order chi connectivity index (χ0) is 12.6. The van der Waals surface area contributed by atoms with Gasteiger partial charge in [-0.25, -0.2) is 9.78 Å². The third kappa shape index (κ3) is 1.93. The van der Waals surface area contributed by atoms with Gasteiger partial charge in [0.25, 0.3) is 0 Å². The Morgan fingerprint density at radius 2 is 2.18 bits per heavy atom. The molecule has 1 N–H and O–H groups in total. The number of carbonyl (C=O) groups is 1. The largest absolute Gasteiger partial charge is 0.464 e. The normalized spacial score (nSPS) is 11.8. The van der Waals surface area contributed by atoms with Crippen molar-refractivity contribution in [2.45, 2.75) is 6.18 Å². The molecule has 0 atom stereocenters. The lowest BCUT2D eigenvalue weighted by Gasteiger charge is -2.05. The van der Waals surface area contributed by atoms with Gasteiger partial charge >= 0.3 is 12.1 Å². The molecule has 0 unspecified atom stereocenters. The fourth-order valence-corrected chi connectivity index (χ4v) is 1.31. The molecule has 8 heteroatoms. The molecule has 0 aliphatic rings. The number of pyridine rings is 1. The number of hydrogen-bond donors (Lipinski definition) is 1. The molecule has 0 aliphatic carbocycles. The number of aromatic amines is 1. The van der Waals surface area contributed by atoms with Crippen molar-refractivity contribution >= 4 is 17.0 Å². The summed E-state index contributed by atoms with van der Waals surface area (Å²) in [6.45, 7) is 0. The Kier molecular flexibility index (Phi) is 2.49. The third-order valence-electron chi connectivity index (χ3n) is 2.13. The van der Waals surface area contributed by atoms with E-state index < -0.39 is 17.7 Å². The molecule has 0 saturated carbocycles. The second-order valence-electron chi connectivity index (χ2n) is 3.18. The van der Waals surface area contributed by atoms with Gasteiger partial charge < -0.3 is 4.74 Å². The van der Waals surface area contributed by atoms with Gasteiger partial charge in [-0.05, 0) is 6.07 Å². The van der Waals surface area contributed by atoms with Gasteiger partial charge in [-0.3, -0.25) is 5.10 Å². The molecule has 0 spiro atoms. The number of esters is 1. The Morgan fingerprint density at radius 3 is 2.76 bits per heavy atom. The van der Waals surface area contributed by atoms with Crippen molar-refractivity contribution in [2.24, 2.45) is 0 Å². The first-order valence-corrected chi connectivity index (χ1v) is 4.43. The number of hydrogen-bond acceptors (Lipinski definition) is 4. The lowest BCUT2D eigenvalue weighted by molar-refractivity contribution is -0.137. The van der Waals surface area contributed by atoms with E-state index in [9.17, 15) is 18.0 Å². The first kappa shape index (κ1) is 11.4. The molecule has 0 saturated heterocycles. The maximum atomic E-state index is 12.4. The number of nitrogens with zero attached hydrogens (tertiary/aromatic N) is 2. The van der Waals surface area contributed by atoms with E-state index in [2.05, 4.69) is 19.9 Å². The van der Waals surface area contributed by atoms with E-state index in [0.29, 0.717) is 6.20 Å². The molecule has 0 aromatic carbocycles. The Bertz CT molecular complexity index is 576. The topological polar surface area (TPSA) is 67.9 Å². The summed E-state index contributed by atoms with van der Waals surface area (Å²) in [6, 6.07) is 0.804. The van der Waals surface area contributed by atoms with E-state index in [1.165, 1.54) is 0 Å². The molecule has 2 heterocycles. The Balaban J connectivity index is 2.62. The molecule has 90 valence electrons. The van der Waals surface area contributed by atoms with Crippen molar-refractivity contribution < 1.29 is 22.7 Å². The van der Waals surface area contributed by atoms with Gasteiger partial charge in [0, 0.05) is 6.20 Å². The van der Waals surface area contributed by atoms with Gasteiger partial charge in [-0.15, -0.1) is 0 Å².